The van der Waals surface area contributed by atoms with Gasteiger partial charge in [0.1, 0.15) is 0 Å². The van der Waals surface area contributed by atoms with E-state index >= 15 is 0 Å². The number of carbonyl (C=O) groups is 1. The molecule has 1 fully saturated rings. The van der Waals surface area contributed by atoms with Crippen molar-refractivity contribution < 1.29 is 4.79 Å². The zero-order valence-electron chi connectivity index (χ0n) is 10.6. The van der Waals surface area contributed by atoms with Crippen molar-refractivity contribution in [3.8, 4) is 0 Å². The van der Waals surface area contributed by atoms with E-state index in [9.17, 15) is 4.79 Å². The minimum absolute atomic E-state index is 0.111. The Morgan fingerprint density at radius 2 is 2.06 bits per heavy atom. The van der Waals surface area contributed by atoms with Crippen molar-refractivity contribution in [2.24, 2.45) is 5.92 Å². The van der Waals surface area contributed by atoms with Crippen LogP contribution in [-0.2, 0) is 6.42 Å². The monoisotopic (exact) mass is 244 g/mol. The molecule has 0 bridgehead atoms. The van der Waals surface area contributed by atoms with E-state index in [2.05, 4.69) is 28.8 Å². The molecule has 0 radical (unpaired) electrons. The summed E-state index contributed by atoms with van der Waals surface area (Å²) in [4.78, 5) is 11.4. The van der Waals surface area contributed by atoms with Crippen LogP contribution in [0, 0.1) is 5.92 Å². The second-order valence-corrected chi connectivity index (χ2v) is 4.69. The molecule has 2 N–H and O–H groups in total. The molecule has 3 heteroatoms. The van der Waals surface area contributed by atoms with E-state index in [4.69, 9.17) is 0 Å². The highest BCUT2D eigenvalue weighted by Crippen LogP contribution is 2.29. The third-order valence-electron chi connectivity index (χ3n) is 2.98. The largest absolute Gasteiger partial charge is 0.338 e. The zero-order chi connectivity index (χ0) is 12.6. The second kappa shape index (κ2) is 6.84. The van der Waals surface area contributed by atoms with E-state index in [1.165, 1.54) is 18.4 Å². The first kappa shape index (κ1) is 12.7. The summed E-state index contributed by atoms with van der Waals surface area (Å²) in [6, 6.07) is 10.2. The molecule has 1 saturated carbocycles. The molecule has 0 heterocycles. The number of benzene rings is 1. The summed E-state index contributed by atoms with van der Waals surface area (Å²) in [6.45, 7) is 0.706. The number of aryl methyl sites for hydroxylation is 1. The van der Waals surface area contributed by atoms with Crippen molar-refractivity contribution in [2.45, 2.75) is 25.7 Å². The number of urea groups is 1. The van der Waals surface area contributed by atoms with Crippen LogP contribution in [0.15, 0.2) is 42.6 Å². The van der Waals surface area contributed by atoms with Crippen LogP contribution in [0.5, 0.6) is 0 Å². The Morgan fingerprint density at radius 1 is 1.28 bits per heavy atom. The van der Waals surface area contributed by atoms with E-state index in [0.717, 1.165) is 12.8 Å². The molecular formula is C15H20N2O. The molecule has 0 spiro atoms. The van der Waals surface area contributed by atoms with Crippen molar-refractivity contribution in [2.75, 3.05) is 6.54 Å². The van der Waals surface area contributed by atoms with Gasteiger partial charge in [0.05, 0.1) is 0 Å². The number of allylic oxidation sites excluding steroid dienone is 1. The van der Waals surface area contributed by atoms with Crippen LogP contribution in [0.4, 0.5) is 4.79 Å². The molecule has 0 saturated heterocycles. The van der Waals surface area contributed by atoms with E-state index < -0.39 is 0 Å². The molecule has 2 amide bonds. The van der Waals surface area contributed by atoms with Gasteiger partial charge in [0, 0.05) is 12.7 Å². The topological polar surface area (TPSA) is 41.1 Å². The molecule has 1 aliphatic rings. The Morgan fingerprint density at radius 3 is 2.78 bits per heavy atom. The van der Waals surface area contributed by atoms with Gasteiger partial charge in [0.15, 0.2) is 0 Å². The molecule has 0 atom stereocenters. The van der Waals surface area contributed by atoms with Crippen molar-refractivity contribution in [1.29, 1.82) is 0 Å². The third-order valence-corrected chi connectivity index (χ3v) is 2.98. The molecule has 1 aromatic rings. The molecule has 96 valence electrons. The standard InChI is InChI=1S/C15H20N2O/c18-15(17-12-10-14-8-9-14)16-11-4-7-13-5-2-1-3-6-13/h1-3,5-6,10,12,14H,4,7-9,11H2,(H2,16,17,18)/b12-10+. The Hall–Kier alpha value is -1.77. The summed E-state index contributed by atoms with van der Waals surface area (Å²) in [6.07, 6.45) is 8.30. The average Bonchev–Trinajstić information content (AvgIpc) is 3.20. The first-order valence-corrected chi connectivity index (χ1v) is 6.59. The van der Waals surface area contributed by atoms with E-state index in [0.29, 0.717) is 12.5 Å². The van der Waals surface area contributed by atoms with Crippen molar-refractivity contribution in [3.05, 3.63) is 48.2 Å². The molecule has 2 rings (SSSR count). The van der Waals surface area contributed by atoms with Crippen LogP contribution in [0.3, 0.4) is 0 Å². The maximum absolute atomic E-state index is 11.4. The lowest BCUT2D eigenvalue weighted by atomic mass is 10.1. The molecular weight excluding hydrogens is 224 g/mol. The van der Waals surface area contributed by atoms with Crippen LogP contribution in [0.2, 0.25) is 0 Å². The first-order chi connectivity index (χ1) is 8.84. The fourth-order valence-corrected chi connectivity index (χ4v) is 1.74. The quantitative estimate of drug-likeness (QED) is 0.742. The molecule has 0 unspecified atom stereocenters. The van der Waals surface area contributed by atoms with Gasteiger partial charge in [-0.1, -0.05) is 36.4 Å². The Bertz CT molecular complexity index is 396. The summed E-state index contributed by atoms with van der Waals surface area (Å²) in [7, 11) is 0. The number of nitrogens with one attached hydrogen (secondary N) is 2. The smallest absolute Gasteiger partial charge is 0.318 e. The van der Waals surface area contributed by atoms with Gasteiger partial charge in [-0.15, -0.1) is 0 Å². The number of amides is 2. The lowest BCUT2D eigenvalue weighted by Crippen LogP contribution is -2.32. The van der Waals surface area contributed by atoms with Crippen LogP contribution in [0.1, 0.15) is 24.8 Å². The van der Waals surface area contributed by atoms with Crippen LogP contribution >= 0.6 is 0 Å². The highest BCUT2D eigenvalue weighted by molar-refractivity contribution is 5.74. The number of hydrogen-bond acceptors (Lipinski definition) is 1. The highest BCUT2D eigenvalue weighted by atomic mass is 16.2. The lowest BCUT2D eigenvalue weighted by Gasteiger charge is -2.04. The molecule has 1 aromatic carbocycles. The summed E-state index contributed by atoms with van der Waals surface area (Å²) in [5, 5.41) is 5.57. The molecule has 3 nitrogen and oxygen atoms in total. The summed E-state index contributed by atoms with van der Waals surface area (Å²) < 4.78 is 0. The van der Waals surface area contributed by atoms with Crippen molar-refractivity contribution in [3.63, 3.8) is 0 Å². The second-order valence-electron chi connectivity index (χ2n) is 4.69. The van der Waals surface area contributed by atoms with Crippen LogP contribution in [0.25, 0.3) is 0 Å². The molecule has 0 aliphatic heterocycles. The van der Waals surface area contributed by atoms with Crippen LogP contribution in [-0.4, -0.2) is 12.6 Å². The number of carbonyl (C=O) groups excluding carboxylic acids is 1. The summed E-state index contributed by atoms with van der Waals surface area (Å²) in [5.41, 5.74) is 1.31. The van der Waals surface area contributed by atoms with Gasteiger partial charge >= 0.3 is 6.03 Å². The summed E-state index contributed by atoms with van der Waals surface area (Å²) in [5.74, 6) is 0.698. The average molecular weight is 244 g/mol. The lowest BCUT2D eigenvalue weighted by molar-refractivity contribution is 0.244. The van der Waals surface area contributed by atoms with Crippen LogP contribution < -0.4 is 10.6 Å². The van der Waals surface area contributed by atoms with Gasteiger partial charge in [-0.05, 0) is 37.2 Å². The fraction of sp³-hybridized carbons (Fsp3) is 0.400. The van der Waals surface area contributed by atoms with Gasteiger partial charge in [0.2, 0.25) is 0 Å². The van der Waals surface area contributed by atoms with Gasteiger partial charge in [0.25, 0.3) is 0 Å². The molecule has 0 aromatic heterocycles. The Labute approximate surface area is 108 Å². The summed E-state index contributed by atoms with van der Waals surface area (Å²) >= 11 is 0. The van der Waals surface area contributed by atoms with Gasteiger partial charge < -0.3 is 10.6 Å². The van der Waals surface area contributed by atoms with Gasteiger partial charge in [-0.2, -0.15) is 0 Å². The first-order valence-electron chi connectivity index (χ1n) is 6.59. The zero-order valence-corrected chi connectivity index (χ0v) is 10.6. The van der Waals surface area contributed by atoms with Crippen molar-refractivity contribution in [1.82, 2.24) is 10.6 Å². The van der Waals surface area contributed by atoms with Gasteiger partial charge in [-0.3, -0.25) is 0 Å². The van der Waals surface area contributed by atoms with Crippen molar-refractivity contribution >= 4 is 6.03 Å². The minimum atomic E-state index is -0.111. The molecule has 1 aliphatic carbocycles. The normalized spacial score (nSPS) is 14.7. The number of rotatable bonds is 6. The SMILES string of the molecule is O=C(N/C=C/C1CC1)NCCCc1ccccc1. The Balaban J connectivity index is 1.53. The maximum Gasteiger partial charge on any atom is 0.318 e. The van der Waals surface area contributed by atoms with E-state index in [-0.39, 0.29) is 6.03 Å². The highest BCUT2D eigenvalue weighted by Gasteiger charge is 2.16. The number of hydrogen-bond donors (Lipinski definition) is 2. The minimum Gasteiger partial charge on any atom is -0.338 e. The third kappa shape index (κ3) is 5.04. The van der Waals surface area contributed by atoms with E-state index in [1.807, 2.05) is 18.2 Å². The molecule has 18 heavy (non-hydrogen) atoms. The maximum atomic E-state index is 11.4. The van der Waals surface area contributed by atoms with Gasteiger partial charge in [-0.25, -0.2) is 4.79 Å². The fourth-order valence-electron chi connectivity index (χ4n) is 1.74. The van der Waals surface area contributed by atoms with E-state index in [1.54, 1.807) is 6.20 Å². The Kier molecular flexibility index (Phi) is 4.82. The predicted octanol–water partition coefficient (Wildman–Crippen LogP) is 2.84. The predicted molar refractivity (Wildman–Crippen MR) is 73.2 cm³/mol.